The number of amides is 1. The van der Waals surface area contributed by atoms with Crippen LogP contribution in [0.3, 0.4) is 0 Å². The Bertz CT molecular complexity index is 658. The van der Waals surface area contributed by atoms with Gasteiger partial charge in [-0.1, -0.05) is 65.1 Å². The van der Waals surface area contributed by atoms with Crippen molar-refractivity contribution in [3.63, 3.8) is 0 Å². The van der Waals surface area contributed by atoms with Crippen LogP contribution in [0.15, 0.2) is 30.3 Å². The third-order valence-corrected chi connectivity index (χ3v) is 5.76. The Labute approximate surface area is 173 Å². The first-order valence-electron chi connectivity index (χ1n) is 8.08. The number of alkyl carbamates (subject to hydrolysis) is 1. The van der Waals surface area contributed by atoms with E-state index in [1.165, 1.54) is 0 Å². The molecule has 0 aliphatic carbocycles. The van der Waals surface area contributed by atoms with Gasteiger partial charge < -0.3 is 19.1 Å². The largest absolute Gasteiger partial charge is 0.445 e. The summed E-state index contributed by atoms with van der Waals surface area (Å²) in [5.74, 6) is -1.63. The van der Waals surface area contributed by atoms with Gasteiger partial charge in [0, 0.05) is 12.0 Å². The molecule has 0 aliphatic heterocycles. The molecular formula is C16H21Cl3NO6P. The third kappa shape index (κ3) is 8.81. The smallest absolute Gasteiger partial charge is 0.408 e. The molecule has 0 aliphatic rings. The predicted octanol–water partition coefficient (Wildman–Crippen LogP) is 4.95. The van der Waals surface area contributed by atoms with Crippen LogP contribution in [-0.2, 0) is 18.3 Å². The van der Waals surface area contributed by atoms with Crippen molar-refractivity contribution in [2.45, 2.75) is 29.8 Å². The van der Waals surface area contributed by atoms with Gasteiger partial charge in [0.25, 0.3) is 0 Å². The molecule has 0 saturated heterocycles. The molecule has 0 saturated carbocycles. The minimum Gasteiger partial charge on any atom is -0.445 e. The summed E-state index contributed by atoms with van der Waals surface area (Å²) in [6.07, 6.45) is -1.35. The van der Waals surface area contributed by atoms with Crippen LogP contribution in [0, 0.1) is 0 Å². The van der Waals surface area contributed by atoms with Crippen LogP contribution in [0.4, 0.5) is 4.79 Å². The number of ether oxygens (including phenoxy) is 1. The zero-order valence-electron chi connectivity index (χ0n) is 14.8. The van der Waals surface area contributed by atoms with Gasteiger partial charge in [-0.15, -0.1) is 0 Å². The molecular weight excluding hydrogens is 440 g/mol. The maximum atomic E-state index is 13.1. The molecule has 27 heavy (non-hydrogen) atoms. The number of halogens is 3. The Morgan fingerprint density at radius 3 is 2.15 bits per heavy atom. The van der Waals surface area contributed by atoms with Crippen molar-refractivity contribution in [1.82, 2.24) is 5.32 Å². The predicted molar refractivity (Wildman–Crippen MR) is 105 cm³/mol. The van der Waals surface area contributed by atoms with Crippen LogP contribution in [0.1, 0.15) is 30.6 Å². The van der Waals surface area contributed by atoms with E-state index < -0.39 is 29.9 Å². The molecule has 0 unspecified atom stereocenters. The van der Waals surface area contributed by atoms with Gasteiger partial charge in [-0.2, -0.15) is 0 Å². The molecule has 0 spiro atoms. The molecule has 0 fully saturated rings. The Hall–Kier alpha value is -0.820. The van der Waals surface area contributed by atoms with E-state index in [0.29, 0.717) is 5.56 Å². The summed E-state index contributed by atoms with van der Waals surface area (Å²) in [5, 5.41) is 2.33. The summed E-state index contributed by atoms with van der Waals surface area (Å²) in [7, 11) is -3.85. The number of carbonyl (C=O) groups excluding carboxylic acids is 2. The van der Waals surface area contributed by atoms with E-state index in [-0.39, 0.29) is 25.4 Å². The fourth-order valence-electron chi connectivity index (χ4n) is 2.06. The highest BCUT2D eigenvalue weighted by Gasteiger charge is 2.39. The normalized spacial score (nSPS) is 13.1. The lowest BCUT2D eigenvalue weighted by Gasteiger charge is -2.26. The fourth-order valence-corrected chi connectivity index (χ4v) is 4.03. The van der Waals surface area contributed by atoms with Crippen molar-refractivity contribution in [2.24, 2.45) is 0 Å². The van der Waals surface area contributed by atoms with Crippen LogP contribution in [0.5, 0.6) is 0 Å². The molecule has 1 amide bonds. The minimum absolute atomic E-state index is 0.0538. The molecule has 1 aromatic rings. The number of hydrogen-bond donors (Lipinski definition) is 1. The topological polar surface area (TPSA) is 90.9 Å². The highest BCUT2D eigenvalue weighted by molar-refractivity contribution is 7.54. The standard InChI is InChI=1S/C16H21Cl3NO6P/c1-3-25-27(23,26-4-2)14(20-15(22)24-11-16(17,18)19)10-13(21)12-8-6-5-7-9-12/h5-9,14H,3-4,10-11H2,1-2H3,(H,20,22)/t14-/m1/s1. The second kappa shape index (κ2) is 11.2. The van der Waals surface area contributed by atoms with Gasteiger partial charge in [-0.3, -0.25) is 9.36 Å². The molecule has 152 valence electrons. The first-order chi connectivity index (χ1) is 12.6. The Morgan fingerprint density at radius 2 is 1.67 bits per heavy atom. The van der Waals surface area contributed by atoms with E-state index in [1.807, 2.05) is 0 Å². The summed E-state index contributed by atoms with van der Waals surface area (Å²) in [4.78, 5) is 24.5. The van der Waals surface area contributed by atoms with E-state index in [0.717, 1.165) is 0 Å². The van der Waals surface area contributed by atoms with Gasteiger partial charge >= 0.3 is 13.7 Å². The molecule has 1 atom stereocenters. The Morgan fingerprint density at radius 1 is 1.11 bits per heavy atom. The van der Waals surface area contributed by atoms with Crippen LogP contribution in [0.2, 0.25) is 0 Å². The molecule has 0 radical (unpaired) electrons. The monoisotopic (exact) mass is 459 g/mol. The number of Topliss-reactive ketones (excluding diaryl/α,β-unsaturated/α-hetero) is 1. The summed E-state index contributed by atoms with van der Waals surface area (Å²) in [5.41, 5.74) is 0.388. The van der Waals surface area contributed by atoms with Gasteiger partial charge in [-0.05, 0) is 13.8 Å². The van der Waals surface area contributed by atoms with Crippen molar-refractivity contribution in [3.05, 3.63) is 35.9 Å². The van der Waals surface area contributed by atoms with Crippen LogP contribution < -0.4 is 5.32 Å². The quantitative estimate of drug-likeness (QED) is 0.302. The third-order valence-electron chi connectivity index (χ3n) is 3.13. The number of benzene rings is 1. The maximum Gasteiger partial charge on any atom is 0.408 e. The average molecular weight is 461 g/mol. The molecule has 0 aromatic heterocycles. The zero-order valence-corrected chi connectivity index (χ0v) is 18.0. The van der Waals surface area contributed by atoms with E-state index >= 15 is 0 Å². The highest BCUT2D eigenvalue weighted by atomic mass is 35.6. The summed E-state index contributed by atoms with van der Waals surface area (Å²) in [6.45, 7) is 2.80. The van der Waals surface area contributed by atoms with E-state index in [2.05, 4.69) is 5.32 Å². The van der Waals surface area contributed by atoms with E-state index in [1.54, 1.807) is 44.2 Å². The zero-order chi connectivity index (χ0) is 20.5. The molecule has 1 N–H and O–H groups in total. The minimum atomic E-state index is -3.85. The van der Waals surface area contributed by atoms with Crippen LogP contribution in [-0.4, -0.2) is 41.3 Å². The van der Waals surface area contributed by atoms with Crippen molar-refractivity contribution >= 4 is 54.3 Å². The van der Waals surface area contributed by atoms with Crippen molar-refractivity contribution in [3.8, 4) is 0 Å². The second-order valence-electron chi connectivity index (χ2n) is 5.22. The first kappa shape index (κ1) is 24.2. The fraction of sp³-hybridized carbons (Fsp3) is 0.500. The number of ketones is 1. The first-order valence-corrected chi connectivity index (χ1v) is 10.8. The summed E-state index contributed by atoms with van der Waals surface area (Å²) >= 11 is 16.6. The summed E-state index contributed by atoms with van der Waals surface area (Å²) < 4.78 is 26.5. The maximum absolute atomic E-state index is 13.1. The number of rotatable bonds is 10. The molecule has 1 aromatic carbocycles. The van der Waals surface area contributed by atoms with Gasteiger partial charge in [0.05, 0.1) is 13.2 Å². The van der Waals surface area contributed by atoms with Crippen LogP contribution in [0.25, 0.3) is 0 Å². The molecule has 0 bridgehead atoms. The van der Waals surface area contributed by atoms with E-state index in [9.17, 15) is 14.2 Å². The van der Waals surface area contributed by atoms with E-state index in [4.69, 9.17) is 48.6 Å². The van der Waals surface area contributed by atoms with Gasteiger partial charge in [0.15, 0.2) is 5.78 Å². The van der Waals surface area contributed by atoms with Crippen molar-refractivity contribution in [1.29, 1.82) is 0 Å². The molecule has 11 heteroatoms. The molecule has 1 rings (SSSR count). The number of carbonyl (C=O) groups is 2. The Balaban J connectivity index is 2.99. The van der Waals surface area contributed by atoms with Gasteiger partial charge in [-0.25, -0.2) is 4.79 Å². The summed E-state index contributed by atoms with van der Waals surface area (Å²) in [6, 6.07) is 8.34. The van der Waals surface area contributed by atoms with Crippen molar-refractivity contribution < 1.29 is 27.9 Å². The lowest BCUT2D eigenvalue weighted by atomic mass is 10.1. The molecule has 0 heterocycles. The van der Waals surface area contributed by atoms with Crippen LogP contribution >= 0.6 is 42.4 Å². The lowest BCUT2D eigenvalue weighted by molar-refractivity contribution is 0.0965. The Kier molecular flexibility index (Phi) is 10.1. The van der Waals surface area contributed by atoms with Crippen molar-refractivity contribution in [2.75, 3.05) is 19.8 Å². The van der Waals surface area contributed by atoms with Gasteiger partial charge in [0.1, 0.15) is 12.4 Å². The molecule has 7 nitrogen and oxygen atoms in total. The lowest BCUT2D eigenvalue weighted by Crippen LogP contribution is -2.39. The second-order valence-corrected chi connectivity index (χ2v) is 9.96. The number of alkyl halides is 3. The highest BCUT2D eigenvalue weighted by Crippen LogP contribution is 2.53. The van der Waals surface area contributed by atoms with Gasteiger partial charge in [0.2, 0.25) is 3.79 Å². The average Bonchev–Trinajstić information content (AvgIpc) is 2.60. The number of hydrogen-bond acceptors (Lipinski definition) is 6. The number of nitrogens with one attached hydrogen (secondary N) is 1. The SMILES string of the molecule is CCOP(=O)(OCC)[C@H](CC(=O)c1ccccc1)NC(=O)OCC(Cl)(Cl)Cl.